The molecular formula is C17H26ClNO. The van der Waals surface area contributed by atoms with Crippen molar-refractivity contribution < 1.29 is 4.79 Å². The Labute approximate surface area is 127 Å². The number of rotatable bonds is 11. The number of Topliss-reactive ketones (excluding diaryl/α,β-unsaturated/α-hetero) is 1. The Balaban J connectivity index is 2.02. The van der Waals surface area contributed by atoms with Crippen molar-refractivity contribution in [3.63, 3.8) is 0 Å². The number of carbonyl (C=O) groups excluding carboxylic acids is 1. The zero-order chi connectivity index (χ0) is 14.6. The Morgan fingerprint density at radius 3 is 2.25 bits per heavy atom. The maximum absolute atomic E-state index is 11.9. The van der Waals surface area contributed by atoms with Gasteiger partial charge in [0.25, 0.3) is 0 Å². The zero-order valence-electron chi connectivity index (χ0n) is 12.5. The average Bonchev–Trinajstić information content (AvgIpc) is 2.45. The highest BCUT2D eigenvalue weighted by atomic mass is 35.5. The van der Waals surface area contributed by atoms with Crippen molar-refractivity contribution >= 4 is 17.4 Å². The van der Waals surface area contributed by atoms with Crippen molar-refractivity contribution in [3.05, 3.63) is 29.0 Å². The van der Waals surface area contributed by atoms with Crippen molar-refractivity contribution in [1.29, 1.82) is 0 Å². The molecule has 20 heavy (non-hydrogen) atoms. The summed E-state index contributed by atoms with van der Waals surface area (Å²) in [4.78, 5) is 15.8. The van der Waals surface area contributed by atoms with Crippen LogP contribution in [0.3, 0.4) is 0 Å². The van der Waals surface area contributed by atoms with E-state index in [1.54, 1.807) is 18.3 Å². The van der Waals surface area contributed by atoms with Gasteiger partial charge in [0.15, 0.2) is 5.78 Å². The van der Waals surface area contributed by atoms with Crippen molar-refractivity contribution in [3.8, 4) is 0 Å². The molecule has 0 bridgehead atoms. The molecule has 1 aromatic rings. The summed E-state index contributed by atoms with van der Waals surface area (Å²) in [6, 6.07) is 3.39. The first-order chi connectivity index (χ1) is 9.74. The lowest BCUT2D eigenvalue weighted by atomic mass is 10.0. The van der Waals surface area contributed by atoms with Crippen molar-refractivity contribution in [2.45, 2.75) is 71.1 Å². The molecule has 0 fully saturated rings. The van der Waals surface area contributed by atoms with Crippen LogP contribution >= 0.6 is 11.6 Å². The molecule has 0 aliphatic rings. The lowest BCUT2D eigenvalue weighted by molar-refractivity contribution is 0.0979. The van der Waals surface area contributed by atoms with Gasteiger partial charge in [0.2, 0.25) is 0 Å². The van der Waals surface area contributed by atoms with E-state index in [1.807, 2.05) is 0 Å². The van der Waals surface area contributed by atoms with Crippen LogP contribution in [0.2, 0.25) is 5.15 Å². The minimum atomic E-state index is 0.178. The number of carbonyl (C=O) groups is 1. The van der Waals surface area contributed by atoms with Crippen LogP contribution in [0.15, 0.2) is 18.3 Å². The predicted octanol–water partition coefficient (Wildman–Crippen LogP) is 5.84. The highest BCUT2D eigenvalue weighted by Gasteiger charge is 2.06. The third-order valence-corrected chi connectivity index (χ3v) is 3.76. The van der Waals surface area contributed by atoms with Crippen molar-refractivity contribution in [2.75, 3.05) is 0 Å². The first-order valence-electron chi connectivity index (χ1n) is 7.88. The fourth-order valence-electron chi connectivity index (χ4n) is 2.32. The maximum Gasteiger partial charge on any atom is 0.163 e. The number of unbranched alkanes of at least 4 members (excludes halogenated alkanes) is 8. The molecule has 112 valence electrons. The van der Waals surface area contributed by atoms with Gasteiger partial charge in [-0.1, -0.05) is 69.9 Å². The van der Waals surface area contributed by atoms with E-state index in [1.165, 1.54) is 44.9 Å². The van der Waals surface area contributed by atoms with E-state index in [0.29, 0.717) is 17.1 Å². The van der Waals surface area contributed by atoms with Crippen LogP contribution in [-0.4, -0.2) is 10.8 Å². The Bertz CT molecular complexity index is 392. The molecule has 0 aliphatic heterocycles. The standard InChI is InChI=1S/C17H26ClNO/c1-2-3-4-5-6-7-8-9-10-11-16(20)15-12-13-19-17(18)14-15/h12-14H,2-11H2,1H3. The van der Waals surface area contributed by atoms with E-state index >= 15 is 0 Å². The Morgan fingerprint density at radius 2 is 1.65 bits per heavy atom. The van der Waals surface area contributed by atoms with Gasteiger partial charge in [0.05, 0.1) is 0 Å². The Morgan fingerprint density at radius 1 is 1.05 bits per heavy atom. The number of halogens is 1. The van der Waals surface area contributed by atoms with Gasteiger partial charge in [-0.05, 0) is 18.6 Å². The molecule has 0 saturated carbocycles. The third-order valence-electron chi connectivity index (χ3n) is 3.56. The number of hydrogen-bond acceptors (Lipinski definition) is 2. The number of nitrogens with zero attached hydrogens (tertiary/aromatic N) is 1. The fourth-order valence-corrected chi connectivity index (χ4v) is 2.49. The Kier molecular flexibility index (Phi) is 9.31. The second-order valence-corrected chi connectivity index (χ2v) is 5.76. The first kappa shape index (κ1) is 17.2. The fraction of sp³-hybridized carbons (Fsp3) is 0.647. The minimum absolute atomic E-state index is 0.178. The smallest absolute Gasteiger partial charge is 0.163 e. The summed E-state index contributed by atoms with van der Waals surface area (Å²) < 4.78 is 0. The molecule has 0 radical (unpaired) electrons. The Hall–Kier alpha value is -0.890. The first-order valence-corrected chi connectivity index (χ1v) is 8.26. The van der Waals surface area contributed by atoms with Gasteiger partial charge in [-0.15, -0.1) is 0 Å². The quantitative estimate of drug-likeness (QED) is 0.292. The van der Waals surface area contributed by atoms with Gasteiger partial charge in [0, 0.05) is 18.2 Å². The summed E-state index contributed by atoms with van der Waals surface area (Å²) in [6.07, 6.45) is 13.6. The lowest BCUT2D eigenvalue weighted by Crippen LogP contribution is -1.99. The second kappa shape index (κ2) is 10.8. The topological polar surface area (TPSA) is 30.0 Å². The van der Waals surface area contributed by atoms with Gasteiger partial charge in [-0.2, -0.15) is 0 Å². The van der Waals surface area contributed by atoms with E-state index in [4.69, 9.17) is 11.6 Å². The molecular weight excluding hydrogens is 270 g/mol. The van der Waals surface area contributed by atoms with Crippen molar-refractivity contribution in [1.82, 2.24) is 4.98 Å². The van der Waals surface area contributed by atoms with Crippen LogP contribution < -0.4 is 0 Å². The van der Waals surface area contributed by atoms with Crippen LogP contribution in [0.5, 0.6) is 0 Å². The summed E-state index contributed by atoms with van der Waals surface area (Å²) in [5.41, 5.74) is 0.685. The SMILES string of the molecule is CCCCCCCCCCCC(=O)c1ccnc(Cl)c1. The van der Waals surface area contributed by atoms with E-state index in [-0.39, 0.29) is 5.78 Å². The zero-order valence-corrected chi connectivity index (χ0v) is 13.3. The molecule has 1 rings (SSSR count). The number of pyridine rings is 1. The van der Waals surface area contributed by atoms with Crippen LogP contribution in [0.1, 0.15) is 81.5 Å². The molecule has 0 unspecified atom stereocenters. The van der Waals surface area contributed by atoms with E-state index in [9.17, 15) is 4.79 Å². The third kappa shape index (κ3) is 7.64. The normalized spacial score (nSPS) is 10.7. The molecule has 0 aliphatic carbocycles. The minimum Gasteiger partial charge on any atom is -0.294 e. The monoisotopic (exact) mass is 295 g/mol. The van der Waals surface area contributed by atoms with E-state index in [2.05, 4.69) is 11.9 Å². The molecule has 0 atom stereocenters. The number of ketones is 1. The largest absolute Gasteiger partial charge is 0.294 e. The van der Waals surface area contributed by atoms with Gasteiger partial charge in [-0.3, -0.25) is 4.79 Å². The van der Waals surface area contributed by atoms with E-state index in [0.717, 1.165) is 12.8 Å². The van der Waals surface area contributed by atoms with Gasteiger partial charge >= 0.3 is 0 Å². The summed E-state index contributed by atoms with van der Waals surface area (Å²) >= 11 is 5.78. The molecule has 1 aromatic heterocycles. The summed E-state index contributed by atoms with van der Waals surface area (Å²) in [6.45, 7) is 2.24. The molecule has 2 nitrogen and oxygen atoms in total. The van der Waals surface area contributed by atoms with Gasteiger partial charge < -0.3 is 0 Å². The van der Waals surface area contributed by atoms with Crippen LogP contribution in [0.4, 0.5) is 0 Å². The predicted molar refractivity (Wildman–Crippen MR) is 85.4 cm³/mol. The average molecular weight is 296 g/mol. The molecule has 3 heteroatoms. The summed E-state index contributed by atoms with van der Waals surface area (Å²) in [5, 5.41) is 0.392. The molecule has 0 N–H and O–H groups in total. The number of hydrogen-bond donors (Lipinski definition) is 0. The maximum atomic E-state index is 11.9. The van der Waals surface area contributed by atoms with Gasteiger partial charge in [-0.25, -0.2) is 4.98 Å². The molecule has 0 spiro atoms. The second-order valence-electron chi connectivity index (χ2n) is 5.37. The number of aromatic nitrogens is 1. The highest BCUT2D eigenvalue weighted by molar-refractivity contribution is 6.29. The van der Waals surface area contributed by atoms with Crippen LogP contribution in [0, 0.1) is 0 Å². The summed E-state index contributed by atoms with van der Waals surface area (Å²) in [7, 11) is 0. The van der Waals surface area contributed by atoms with Crippen molar-refractivity contribution in [2.24, 2.45) is 0 Å². The molecule has 0 saturated heterocycles. The highest BCUT2D eigenvalue weighted by Crippen LogP contribution is 2.14. The van der Waals surface area contributed by atoms with Crippen LogP contribution in [0.25, 0.3) is 0 Å². The van der Waals surface area contributed by atoms with Crippen LogP contribution in [-0.2, 0) is 0 Å². The molecule has 0 amide bonds. The molecule has 0 aromatic carbocycles. The van der Waals surface area contributed by atoms with Gasteiger partial charge in [0.1, 0.15) is 5.15 Å². The molecule has 1 heterocycles. The summed E-state index contributed by atoms with van der Waals surface area (Å²) in [5.74, 6) is 0.178. The van der Waals surface area contributed by atoms with E-state index < -0.39 is 0 Å². The lowest BCUT2D eigenvalue weighted by Gasteiger charge is -2.03.